The molecule has 5 heterocycles. The number of hydrogen-bond donors (Lipinski definition) is 2. The Labute approximate surface area is 187 Å². The summed E-state index contributed by atoms with van der Waals surface area (Å²) in [4.78, 5) is 31.9. The maximum absolute atomic E-state index is 12.4. The van der Waals surface area contributed by atoms with Crippen molar-refractivity contribution in [2.45, 2.75) is 12.0 Å². The van der Waals surface area contributed by atoms with E-state index in [1.807, 2.05) is 18.5 Å². The number of rotatable bonds is 5. The van der Waals surface area contributed by atoms with Gasteiger partial charge in [0.1, 0.15) is 22.2 Å². The highest BCUT2D eigenvalue weighted by molar-refractivity contribution is 7.13. The van der Waals surface area contributed by atoms with E-state index in [0.717, 1.165) is 5.82 Å². The molecule has 162 valence electrons. The Kier molecular flexibility index (Phi) is 4.91. The van der Waals surface area contributed by atoms with Gasteiger partial charge < -0.3 is 15.3 Å². The minimum absolute atomic E-state index is 0.303. The van der Waals surface area contributed by atoms with E-state index in [0.29, 0.717) is 46.6 Å². The molecule has 10 nitrogen and oxygen atoms in total. The molecule has 0 spiro atoms. The van der Waals surface area contributed by atoms with Crippen molar-refractivity contribution in [2.24, 2.45) is 7.05 Å². The molecule has 1 aliphatic heterocycles. The molecule has 0 bridgehead atoms. The normalized spacial score (nSPS) is 18.3. The van der Waals surface area contributed by atoms with Gasteiger partial charge in [0.25, 0.3) is 5.91 Å². The average molecular weight is 449 g/mol. The number of carbonyl (C=O) groups excluding carboxylic acids is 1. The number of anilines is 2. The smallest absolute Gasteiger partial charge is 0.258 e. The minimum Gasteiger partial charge on any atom is -0.375 e. The van der Waals surface area contributed by atoms with Crippen LogP contribution in [0.1, 0.15) is 12.0 Å². The lowest BCUT2D eigenvalue weighted by atomic mass is 9.92. The van der Waals surface area contributed by atoms with Crippen molar-refractivity contribution in [3.8, 4) is 22.1 Å². The van der Waals surface area contributed by atoms with Crippen LogP contribution in [0.2, 0.25) is 0 Å². The van der Waals surface area contributed by atoms with E-state index in [2.05, 4.69) is 30.4 Å². The summed E-state index contributed by atoms with van der Waals surface area (Å²) in [5.41, 5.74) is 0.904. The quantitative estimate of drug-likeness (QED) is 0.476. The van der Waals surface area contributed by atoms with Gasteiger partial charge >= 0.3 is 0 Å². The summed E-state index contributed by atoms with van der Waals surface area (Å²) in [6.07, 6.45) is 5.29. The highest BCUT2D eigenvalue weighted by Gasteiger charge is 2.45. The van der Waals surface area contributed by atoms with Gasteiger partial charge in [0.15, 0.2) is 5.60 Å². The third kappa shape index (κ3) is 3.51. The van der Waals surface area contributed by atoms with Crippen molar-refractivity contribution < 1.29 is 9.90 Å². The number of pyridine rings is 1. The second kappa shape index (κ2) is 7.77. The highest BCUT2D eigenvalue weighted by atomic mass is 32.1. The zero-order valence-corrected chi connectivity index (χ0v) is 18.2. The topological polar surface area (TPSA) is 122 Å². The summed E-state index contributed by atoms with van der Waals surface area (Å²) in [6, 6.07) is 7.02. The standard InChI is InChI=1S/C21H20N8O2S/c1-28-10-6-21(31,19(28)30)13-3-7-22-15(11-13)16-12-32-18(25-16)14-4-8-23-20(26-14)27-17-5-9-24-29(17)2/h3-5,7-9,11-12,31H,6,10H2,1-2H3,(H,23,26,27)/t21-/m1/s1. The summed E-state index contributed by atoms with van der Waals surface area (Å²) in [7, 11) is 3.52. The van der Waals surface area contributed by atoms with E-state index in [9.17, 15) is 9.90 Å². The second-order valence-corrected chi connectivity index (χ2v) is 8.39. The molecule has 4 aromatic rings. The fraction of sp³-hybridized carbons (Fsp3) is 0.238. The van der Waals surface area contributed by atoms with Crippen molar-refractivity contribution in [3.63, 3.8) is 0 Å². The van der Waals surface area contributed by atoms with E-state index in [-0.39, 0.29) is 5.91 Å². The number of aryl methyl sites for hydroxylation is 1. The average Bonchev–Trinajstić information content (AvgIpc) is 3.52. The Bertz CT molecular complexity index is 1300. The van der Waals surface area contributed by atoms with Gasteiger partial charge in [-0.25, -0.2) is 15.0 Å². The van der Waals surface area contributed by atoms with Gasteiger partial charge in [0.05, 0.1) is 11.9 Å². The molecule has 1 amide bonds. The van der Waals surface area contributed by atoms with Gasteiger partial charge in [-0.2, -0.15) is 5.10 Å². The van der Waals surface area contributed by atoms with E-state index in [1.54, 1.807) is 48.5 Å². The number of thiazole rings is 1. The van der Waals surface area contributed by atoms with Crippen LogP contribution in [0.3, 0.4) is 0 Å². The number of likely N-dealkylation sites (N-methyl/N-ethyl adjacent to an activating group) is 1. The fourth-order valence-corrected chi connectivity index (χ4v) is 4.39. The van der Waals surface area contributed by atoms with Crippen LogP contribution < -0.4 is 5.32 Å². The van der Waals surface area contributed by atoms with Crippen LogP contribution in [-0.4, -0.2) is 59.2 Å². The largest absolute Gasteiger partial charge is 0.375 e. The van der Waals surface area contributed by atoms with Gasteiger partial charge in [-0.05, 0) is 23.8 Å². The van der Waals surface area contributed by atoms with Crippen molar-refractivity contribution in [3.05, 3.63) is 53.8 Å². The Morgan fingerprint density at radius 3 is 2.66 bits per heavy atom. The summed E-state index contributed by atoms with van der Waals surface area (Å²) < 4.78 is 1.69. The van der Waals surface area contributed by atoms with Crippen LogP contribution in [0, 0.1) is 0 Å². The Hall–Kier alpha value is -3.70. The number of carbonyl (C=O) groups is 1. The molecular formula is C21H20N8O2S. The first-order valence-electron chi connectivity index (χ1n) is 9.93. The molecule has 5 rings (SSSR count). The minimum atomic E-state index is -1.52. The van der Waals surface area contributed by atoms with Gasteiger partial charge in [0, 0.05) is 50.9 Å². The zero-order valence-electron chi connectivity index (χ0n) is 17.4. The molecule has 1 saturated heterocycles. The first-order valence-corrected chi connectivity index (χ1v) is 10.8. The predicted molar refractivity (Wildman–Crippen MR) is 119 cm³/mol. The maximum Gasteiger partial charge on any atom is 0.258 e. The molecule has 32 heavy (non-hydrogen) atoms. The molecule has 1 aliphatic rings. The van der Waals surface area contributed by atoms with Crippen LogP contribution in [0.15, 0.2) is 48.2 Å². The van der Waals surface area contributed by atoms with Crippen molar-refractivity contribution in [2.75, 3.05) is 18.9 Å². The SMILES string of the molecule is CN1CC[C@@](O)(c2ccnc(-c3csc(-c4ccnc(Nc5ccnn5C)n4)n3)c2)C1=O. The van der Waals surface area contributed by atoms with Crippen LogP contribution in [0.5, 0.6) is 0 Å². The Balaban J connectivity index is 1.42. The lowest BCUT2D eigenvalue weighted by Gasteiger charge is -2.21. The van der Waals surface area contributed by atoms with Gasteiger partial charge in [-0.1, -0.05) is 0 Å². The first-order chi connectivity index (χ1) is 15.4. The molecule has 1 atom stereocenters. The number of nitrogens with one attached hydrogen (secondary N) is 1. The maximum atomic E-state index is 12.4. The monoisotopic (exact) mass is 448 g/mol. The zero-order chi connectivity index (χ0) is 22.3. The number of aliphatic hydroxyl groups is 1. The Morgan fingerprint density at radius 2 is 1.91 bits per heavy atom. The summed E-state index contributed by atoms with van der Waals surface area (Å²) in [5, 5.41) is 20.8. The molecule has 0 unspecified atom stereocenters. The van der Waals surface area contributed by atoms with Crippen molar-refractivity contribution >= 4 is 29.0 Å². The molecule has 0 aromatic carbocycles. The van der Waals surface area contributed by atoms with Crippen molar-refractivity contribution in [1.29, 1.82) is 0 Å². The highest BCUT2D eigenvalue weighted by Crippen LogP contribution is 2.34. The van der Waals surface area contributed by atoms with Crippen LogP contribution in [0.25, 0.3) is 22.1 Å². The molecule has 11 heteroatoms. The lowest BCUT2D eigenvalue weighted by Crippen LogP contribution is -2.36. The number of hydrogen-bond acceptors (Lipinski definition) is 9. The van der Waals surface area contributed by atoms with Crippen molar-refractivity contribution in [1.82, 2.24) is 34.6 Å². The summed E-state index contributed by atoms with van der Waals surface area (Å²) in [6.45, 7) is 0.511. The molecule has 0 saturated carbocycles. The fourth-order valence-electron chi connectivity index (χ4n) is 3.61. The van der Waals surface area contributed by atoms with Gasteiger partial charge in [-0.15, -0.1) is 11.3 Å². The number of amides is 1. The number of nitrogens with zero attached hydrogens (tertiary/aromatic N) is 7. The molecule has 0 radical (unpaired) electrons. The number of aromatic nitrogens is 6. The van der Waals surface area contributed by atoms with E-state index >= 15 is 0 Å². The molecule has 0 aliphatic carbocycles. The third-order valence-electron chi connectivity index (χ3n) is 5.45. The van der Waals surface area contributed by atoms with E-state index in [1.165, 1.54) is 16.2 Å². The summed E-state index contributed by atoms with van der Waals surface area (Å²) >= 11 is 1.43. The first kappa shape index (κ1) is 20.2. The number of likely N-dealkylation sites (tertiary alicyclic amines) is 1. The third-order valence-corrected chi connectivity index (χ3v) is 6.31. The molecular weight excluding hydrogens is 428 g/mol. The van der Waals surface area contributed by atoms with E-state index < -0.39 is 5.60 Å². The lowest BCUT2D eigenvalue weighted by molar-refractivity contribution is -0.143. The van der Waals surface area contributed by atoms with Gasteiger partial charge in [-0.3, -0.25) is 14.5 Å². The molecule has 1 fully saturated rings. The molecule has 4 aromatic heterocycles. The summed E-state index contributed by atoms with van der Waals surface area (Å²) in [5.74, 6) is 0.908. The molecule has 2 N–H and O–H groups in total. The van der Waals surface area contributed by atoms with Gasteiger partial charge in [0.2, 0.25) is 5.95 Å². The van der Waals surface area contributed by atoms with Crippen LogP contribution in [0.4, 0.5) is 11.8 Å². The second-order valence-electron chi connectivity index (χ2n) is 7.54. The predicted octanol–water partition coefficient (Wildman–Crippen LogP) is 2.19. The van der Waals surface area contributed by atoms with Crippen LogP contribution in [-0.2, 0) is 17.4 Å². The van der Waals surface area contributed by atoms with Crippen LogP contribution >= 0.6 is 11.3 Å². The Morgan fingerprint density at radius 1 is 1.06 bits per heavy atom. The van der Waals surface area contributed by atoms with E-state index in [4.69, 9.17) is 0 Å².